The number of hydrogen-bond donors (Lipinski definition) is 1. The Morgan fingerprint density at radius 3 is 2.83 bits per heavy atom. The lowest BCUT2D eigenvalue weighted by Gasteiger charge is -2.06. The number of nitrogens with one attached hydrogen (secondary N) is 1. The number of pyridine rings is 1. The molecule has 0 unspecified atom stereocenters. The predicted octanol–water partition coefficient (Wildman–Crippen LogP) is 3.09. The molecule has 0 radical (unpaired) electrons. The number of aryl methyl sites for hydroxylation is 2. The smallest absolute Gasteiger partial charge is 0.289 e. The third-order valence-electron chi connectivity index (χ3n) is 3.53. The number of carbonyl (C=O) groups excluding carboxylic acids is 1. The first-order valence-corrected chi connectivity index (χ1v) is 7.29. The van der Waals surface area contributed by atoms with E-state index >= 15 is 0 Å². The van der Waals surface area contributed by atoms with E-state index in [9.17, 15) is 14.9 Å². The van der Waals surface area contributed by atoms with E-state index in [1.165, 1.54) is 24.4 Å². The minimum Gasteiger partial charge on any atom is -0.322 e. The molecular weight excluding hydrogens is 334 g/mol. The van der Waals surface area contributed by atoms with Crippen LogP contribution in [-0.2, 0) is 7.05 Å². The summed E-state index contributed by atoms with van der Waals surface area (Å²) in [6.07, 6.45) is 1.43. The van der Waals surface area contributed by atoms with Crippen molar-refractivity contribution >= 4 is 39.9 Å². The molecule has 2 aromatic heterocycles. The zero-order chi connectivity index (χ0) is 17.4. The molecule has 1 N–H and O–H groups in total. The Kier molecular flexibility index (Phi) is 3.90. The molecule has 0 saturated heterocycles. The minimum absolute atomic E-state index is 0.00655. The lowest BCUT2D eigenvalue weighted by molar-refractivity contribution is -0.384. The first kappa shape index (κ1) is 15.9. The fourth-order valence-electron chi connectivity index (χ4n) is 2.37. The molecule has 0 saturated carbocycles. The van der Waals surface area contributed by atoms with Crippen molar-refractivity contribution in [2.24, 2.45) is 7.05 Å². The number of benzene rings is 1. The molecule has 8 nitrogen and oxygen atoms in total. The van der Waals surface area contributed by atoms with Gasteiger partial charge in [-0.2, -0.15) is 5.10 Å². The van der Waals surface area contributed by atoms with Crippen LogP contribution in [0.3, 0.4) is 0 Å². The van der Waals surface area contributed by atoms with Crippen LogP contribution in [0.4, 0.5) is 11.4 Å². The number of rotatable bonds is 3. The number of halogens is 1. The summed E-state index contributed by atoms with van der Waals surface area (Å²) in [5.41, 5.74) is 1.77. The molecule has 0 aliphatic carbocycles. The molecule has 0 fully saturated rings. The van der Waals surface area contributed by atoms with Crippen molar-refractivity contribution in [1.82, 2.24) is 14.8 Å². The van der Waals surface area contributed by atoms with Gasteiger partial charge in [0.05, 0.1) is 16.2 Å². The standard InChI is InChI=1S/C15H12ClN5O3/c1-8-11-5-9(7-17-14(11)20(2)19-8)15(22)18-10-3-4-12(16)13(6-10)21(23)24/h3-7H,1-2H3,(H,18,22). The normalized spacial score (nSPS) is 10.8. The summed E-state index contributed by atoms with van der Waals surface area (Å²) in [6.45, 7) is 1.83. The summed E-state index contributed by atoms with van der Waals surface area (Å²) in [7, 11) is 1.77. The molecule has 122 valence electrons. The fraction of sp³-hybridized carbons (Fsp3) is 0.133. The molecule has 0 aliphatic heterocycles. The van der Waals surface area contributed by atoms with Gasteiger partial charge in [-0.25, -0.2) is 4.98 Å². The zero-order valence-corrected chi connectivity index (χ0v) is 13.5. The third kappa shape index (κ3) is 2.79. The largest absolute Gasteiger partial charge is 0.322 e. The van der Waals surface area contributed by atoms with Crippen molar-refractivity contribution in [2.45, 2.75) is 6.92 Å². The topological polar surface area (TPSA) is 103 Å². The van der Waals surface area contributed by atoms with Gasteiger partial charge in [-0.05, 0) is 25.1 Å². The number of aromatic nitrogens is 3. The van der Waals surface area contributed by atoms with Crippen LogP contribution in [-0.4, -0.2) is 25.6 Å². The van der Waals surface area contributed by atoms with Gasteiger partial charge >= 0.3 is 0 Å². The average molecular weight is 346 g/mol. The number of carbonyl (C=O) groups is 1. The highest BCUT2D eigenvalue weighted by Gasteiger charge is 2.16. The SMILES string of the molecule is Cc1nn(C)c2ncc(C(=O)Nc3ccc(Cl)c([N+](=O)[O-])c3)cc12. The zero-order valence-electron chi connectivity index (χ0n) is 12.8. The lowest BCUT2D eigenvalue weighted by atomic mass is 10.2. The maximum atomic E-state index is 12.4. The van der Waals surface area contributed by atoms with Crippen LogP contribution in [0.2, 0.25) is 5.02 Å². The van der Waals surface area contributed by atoms with Crippen LogP contribution in [0.1, 0.15) is 16.1 Å². The van der Waals surface area contributed by atoms with E-state index in [-0.39, 0.29) is 16.4 Å². The van der Waals surface area contributed by atoms with E-state index in [1.807, 2.05) is 6.92 Å². The number of nitrogens with zero attached hydrogens (tertiary/aromatic N) is 4. The quantitative estimate of drug-likeness (QED) is 0.580. The number of hydrogen-bond acceptors (Lipinski definition) is 5. The van der Waals surface area contributed by atoms with Crippen LogP contribution in [0.25, 0.3) is 11.0 Å². The van der Waals surface area contributed by atoms with Gasteiger partial charge in [-0.1, -0.05) is 11.6 Å². The summed E-state index contributed by atoms with van der Waals surface area (Å²) in [5.74, 6) is -0.427. The monoisotopic (exact) mass is 345 g/mol. The maximum absolute atomic E-state index is 12.4. The van der Waals surface area contributed by atoms with Gasteiger partial charge in [-0.15, -0.1) is 0 Å². The van der Waals surface area contributed by atoms with E-state index in [0.29, 0.717) is 11.2 Å². The van der Waals surface area contributed by atoms with Gasteiger partial charge in [0, 0.05) is 30.4 Å². The van der Waals surface area contributed by atoms with Crippen LogP contribution in [0, 0.1) is 17.0 Å². The lowest BCUT2D eigenvalue weighted by Crippen LogP contribution is -2.12. The highest BCUT2D eigenvalue weighted by Crippen LogP contribution is 2.27. The number of nitro groups is 1. The van der Waals surface area contributed by atoms with E-state index in [4.69, 9.17) is 11.6 Å². The molecule has 3 aromatic rings. The van der Waals surface area contributed by atoms with Crippen molar-refractivity contribution in [3.05, 3.63) is 56.9 Å². The number of amides is 1. The van der Waals surface area contributed by atoms with Gasteiger partial charge in [0.1, 0.15) is 5.02 Å². The van der Waals surface area contributed by atoms with E-state index in [2.05, 4.69) is 15.4 Å². The molecule has 0 aliphatic rings. The van der Waals surface area contributed by atoms with Gasteiger partial charge in [0.15, 0.2) is 5.65 Å². The average Bonchev–Trinajstić information content (AvgIpc) is 2.83. The highest BCUT2D eigenvalue weighted by molar-refractivity contribution is 6.32. The predicted molar refractivity (Wildman–Crippen MR) is 89.3 cm³/mol. The van der Waals surface area contributed by atoms with Crippen LogP contribution in [0.5, 0.6) is 0 Å². The Balaban J connectivity index is 1.91. The number of fused-ring (bicyclic) bond motifs is 1. The maximum Gasteiger partial charge on any atom is 0.289 e. The Bertz CT molecular complexity index is 983. The molecule has 24 heavy (non-hydrogen) atoms. The molecule has 1 amide bonds. The van der Waals surface area contributed by atoms with Crippen molar-refractivity contribution < 1.29 is 9.72 Å². The molecule has 0 atom stereocenters. The second-order valence-electron chi connectivity index (χ2n) is 5.18. The summed E-state index contributed by atoms with van der Waals surface area (Å²) in [4.78, 5) is 26.9. The van der Waals surface area contributed by atoms with E-state index < -0.39 is 10.8 Å². The van der Waals surface area contributed by atoms with Gasteiger partial charge in [-0.3, -0.25) is 19.6 Å². The third-order valence-corrected chi connectivity index (χ3v) is 3.85. The first-order chi connectivity index (χ1) is 11.4. The summed E-state index contributed by atoms with van der Waals surface area (Å²) >= 11 is 5.76. The van der Waals surface area contributed by atoms with Crippen LogP contribution < -0.4 is 5.32 Å². The molecule has 0 spiro atoms. The molecule has 2 heterocycles. The number of anilines is 1. The van der Waals surface area contributed by atoms with Crippen molar-refractivity contribution in [3.8, 4) is 0 Å². The number of nitro benzene ring substituents is 1. The minimum atomic E-state index is -0.607. The van der Waals surface area contributed by atoms with Gasteiger partial charge in [0.2, 0.25) is 0 Å². The van der Waals surface area contributed by atoms with Gasteiger partial charge < -0.3 is 5.32 Å². The first-order valence-electron chi connectivity index (χ1n) is 6.91. The molecule has 1 aromatic carbocycles. The summed E-state index contributed by atoms with van der Waals surface area (Å²) in [5, 5.41) is 18.5. The van der Waals surface area contributed by atoms with Crippen molar-refractivity contribution in [2.75, 3.05) is 5.32 Å². The Morgan fingerprint density at radius 2 is 2.12 bits per heavy atom. The molecule has 9 heteroatoms. The van der Waals surface area contributed by atoms with Crippen molar-refractivity contribution in [1.29, 1.82) is 0 Å². The molecule has 3 rings (SSSR count). The Labute approximate surface area is 141 Å². The second kappa shape index (κ2) is 5.89. The van der Waals surface area contributed by atoms with Gasteiger partial charge in [0.25, 0.3) is 11.6 Å². The molecular formula is C15H12ClN5O3. The second-order valence-corrected chi connectivity index (χ2v) is 5.59. The highest BCUT2D eigenvalue weighted by atomic mass is 35.5. The van der Waals surface area contributed by atoms with E-state index in [0.717, 1.165) is 11.1 Å². The Hall–Kier alpha value is -3.00. The van der Waals surface area contributed by atoms with E-state index in [1.54, 1.807) is 17.8 Å². The van der Waals surface area contributed by atoms with Crippen molar-refractivity contribution in [3.63, 3.8) is 0 Å². The molecule has 0 bridgehead atoms. The van der Waals surface area contributed by atoms with Crippen LogP contribution in [0.15, 0.2) is 30.5 Å². The Morgan fingerprint density at radius 1 is 1.38 bits per heavy atom. The van der Waals surface area contributed by atoms with Crippen LogP contribution >= 0.6 is 11.6 Å². The summed E-state index contributed by atoms with van der Waals surface area (Å²) in [6, 6.07) is 5.75. The summed E-state index contributed by atoms with van der Waals surface area (Å²) < 4.78 is 1.63. The fourth-order valence-corrected chi connectivity index (χ4v) is 2.55.